The zero-order valence-corrected chi connectivity index (χ0v) is 23.1. The Balaban J connectivity index is 1.26. The van der Waals surface area contributed by atoms with Crippen molar-refractivity contribution in [3.05, 3.63) is 53.3 Å². The number of fused-ring (bicyclic) bond motifs is 3. The quantitative estimate of drug-likeness (QED) is 0.371. The maximum absolute atomic E-state index is 13.6. The standard InChI is InChI=1S/C27H32ClFN2O7S/c1-2-13-39(35,36)20-6-3-18(4-7-20)37-17-25(34)31-27-11-9-26(10-12-27,15-23(27)32)30-24(33)16-38-19-5-8-21(28)22(29)14-19/h3-8,14,23,32H,2,9-13,15-17H2,1H3,(H,30,33)(H,31,34)/t23-,26?,27?/m0/s1. The topological polar surface area (TPSA) is 131 Å². The van der Waals surface area contributed by atoms with Gasteiger partial charge in [-0.3, -0.25) is 9.59 Å². The molecule has 3 aliphatic carbocycles. The van der Waals surface area contributed by atoms with Gasteiger partial charge in [0.25, 0.3) is 11.8 Å². The summed E-state index contributed by atoms with van der Waals surface area (Å²) < 4.78 is 48.8. The number of hydrogen-bond acceptors (Lipinski definition) is 7. The van der Waals surface area contributed by atoms with Gasteiger partial charge in [0.2, 0.25) is 0 Å². The van der Waals surface area contributed by atoms with Crippen LogP contribution in [-0.4, -0.2) is 61.5 Å². The Kier molecular flexibility index (Phi) is 8.72. The minimum atomic E-state index is -3.34. The minimum absolute atomic E-state index is 0.0414. The van der Waals surface area contributed by atoms with Gasteiger partial charge in [0.1, 0.15) is 17.3 Å². The van der Waals surface area contributed by atoms with Crippen LogP contribution in [0.3, 0.4) is 0 Å². The molecule has 3 N–H and O–H groups in total. The van der Waals surface area contributed by atoms with E-state index in [9.17, 15) is 27.5 Å². The van der Waals surface area contributed by atoms with E-state index in [0.717, 1.165) is 6.07 Å². The Morgan fingerprint density at radius 1 is 1.00 bits per heavy atom. The summed E-state index contributed by atoms with van der Waals surface area (Å²) in [6.07, 6.45) is 1.95. The number of aliphatic hydroxyl groups is 1. The van der Waals surface area contributed by atoms with Crippen LogP contribution in [-0.2, 0) is 19.4 Å². The molecule has 3 saturated carbocycles. The fraction of sp³-hybridized carbons (Fsp3) is 0.481. The van der Waals surface area contributed by atoms with E-state index in [1.165, 1.54) is 36.4 Å². The number of halogens is 2. The summed E-state index contributed by atoms with van der Waals surface area (Å²) in [7, 11) is -3.34. The number of hydrogen-bond donors (Lipinski definition) is 3. The normalized spacial score (nSPS) is 24.2. The van der Waals surface area contributed by atoms with E-state index in [4.69, 9.17) is 21.1 Å². The van der Waals surface area contributed by atoms with Crippen LogP contribution in [0.4, 0.5) is 4.39 Å². The summed E-state index contributed by atoms with van der Waals surface area (Å²) in [5, 5.41) is 16.8. The zero-order chi connectivity index (χ0) is 28.3. The van der Waals surface area contributed by atoms with Crippen molar-refractivity contribution in [1.82, 2.24) is 10.6 Å². The van der Waals surface area contributed by atoms with Crippen molar-refractivity contribution in [2.75, 3.05) is 19.0 Å². The lowest BCUT2D eigenvalue weighted by Gasteiger charge is -2.56. The highest BCUT2D eigenvalue weighted by Gasteiger charge is 2.55. The molecule has 0 saturated heterocycles. The van der Waals surface area contributed by atoms with Crippen molar-refractivity contribution in [2.24, 2.45) is 0 Å². The Hall–Kier alpha value is -2.89. The number of carbonyl (C=O) groups is 2. The van der Waals surface area contributed by atoms with Crippen LogP contribution in [0.5, 0.6) is 11.5 Å². The summed E-state index contributed by atoms with van der Waals surface area (Å²) in [6, 6.07) is 9.84. The Bertz CT molecular complexity index is 1310. The molecule has 0 aromatic heterocycles. The van der Waals surface area contributed by atoms with E-state index in [-0.39, 0.29) is 41.1 Å². The van der Waals surface area contributed by atoms with Crippen molar-refractivity contribution in [1.29, 1.82) is 0 Å². The fourth-order valence-corrected chi connectivity index (χ4v) is 6.74. The van der Waals surface area contributed by atoms with Crippen molar-refractivity contribution >= 4 is 33.3 Å². The Morgan fingerprint density at radius 2 is 1.59 bits per heavy atom. The first kappa shape index (κ1) is 29.1. The third-order valence-electron chi connectivity index (χ3n) is 7.40. The molecule has 0 radical (unpaired) electrons. The SMILES string of the molecule is CCCS(=O)(=O)c1ccc(OCC(=O)NC23CCC(NC(=O)COc4ccc(Cl)c(F)c4)(CC2)C[C@@H]3O)cc1. The van der Waals surface area contributed by atoms with E-state index in [0.29, 0.717) is 37.9 Å². The molecular formula is C27H32ClFN2O7S. The summed E-state index contributed by atoms with van der Waals surface area (Å²) in [5.74, 6) is -0.842. The van der Waals surface area contributed by atoms with Crippen LogP contribution in [0.25, 0.3) is 0 Å². The third-order valence-corrected chi connectivity index (χ3v) is 9.64. The average Bonchev–Trinajstić information content (AvgIpc) is 2.89. The summed E-state index contributed by atoms with van der Waals surface area (Å²) in [5.41, 5.74) is -1.43. The van der Waals surface area contributed by atoms with E-state index >= 15 is 0 Å². The molecule has 1 atom stereocenters. The lowest BCUT2D eigenvalue weighted by molar-refractivity contribution is -0.137. The van der Waals surface area contributed by atoms with Crippen molar-refractivity contribution in [3.8, 4) is 11.5 Å². The lowest BCUT2D eigenvalue weighted by atomic mass is 9.60. The molecule has 5 rings (SSSR count). The molecule has 0 unspecified atom stereocenters. The van der Waals surface area contributed by atoms with Gasteiger partial charge in [0.05, 0.1) is 27.3 Å². The van der Waals surface area contributed by atoms with Gasteiger partial charge in [-0.25, -0.2) is 12.8 Å². The number of aliphatic hydroxyl groups excluding tert-OH is 1. The van der Waals surface area contributed by atoms with Crippen LogP contribution in [0, 0.1) is 5.82 Å². The number of rotatable bonds is 11. The van der Waals surface area contributed by atoms with Crippen molar-refractivity contribution in [3.63, 3.8) is 0 Å². The maximum Gasteiger partial charge on any atom is 0.258 e. The summed E-state index contributed by atoms with van der Waals surface area (Å²) in [6.45, 7) is 1.19. The van der Waals surface area contributed by atoms with Gasteiger partial charge in [0, 0.05) is 11.6 Å². The van der Waals surface area contributed by atoms with Crippen molar-refractivity contribution < 1.29 is 37.0 Å². The molecule has 12 heteroatoms. The lowest BCUT2D eigenvalue weighted by Crippen LogP contribution is -2.70. The second-order valence-corrected chi connectivity index (χ2v) is 12.7. The molecule has 0 aliphatic heterocycles. The smallest absolute Gasteiger partial charge is 0.258 e. The van der Waals surface area contributed by atoms with E-state index < -0.39 is 44.7 Å². The molecule has 2 aromatic rings. The van der Waals surface area contributed by atoms with E-state index in [1.54, 1.807) is 6.92 Å². The number of ether oxygens (including phenoxy) is 2. The van der Waals surface area contributed by atoms with Gasteiger partial charge >= 0.3 is 0 Å². The van der Waals surface area contributed by atoms with Gasteiger partial charge in [-0.1, -0.05) is 18.5 Å². The minimum Gasteiger partial charge on any atom is -0.484 e. The largest absolute Gasteiger partial charge is 0.484 e. The summed E-state index contributed by atoms with van der Waals surface area (Å²) >= 11 is 5.66. The highest BCUT2D eigenvalue weighted by molar-refractivity contribution is 7.91. The second kappa shape index (κ2) is 11.7. The molecule has 2 bridgehead atoms. The van der Waals surface area contributed by atoms with Gasteiger partial charge < -0.3 is 25.2 Å². The monoisotopic (exact) mass is 582 g/mol. The Morgan fingerprint density at radius 3 is 2.18 bits per heavy atom. The van der Waals surface area contributed by atoms with Crippen LogP contribution in [0.15, 0.2) is 47.4 Å². The van der Waals surface area contributed by atoms with E-state index in [1.807, 2.05) is 0 Å². The predicted molar refractivity (Wildman–Crippen MR) is 142 cm³/mol. The predicted octanol–water partition coefficient (Wildman–Crippen LogP) is 3.17. The molecule has 39 heavy (non-hydrogen) atoms. The first-order valence-electron chi connectivity index (χ1n) is 12.8. The molecule has 2 aromatic carbocycles. The second-order valence-electron chi connectivity index (χ2n) is 10.2. The fourth-order valence-electron chi connectivity index (χ4n) is 5.30. The first-order valence-corrected chi connectivity index (χ1v) is 14.8. The first-order chi connectivity index (χ1) is 18.5. The highest BCUT2D eigenvalue weighted by atomic mass is 35.5. The van der Waals surface area contributed by atoms with Crippen molar-refractivity contribution in [2.45, 2.75) is 67.5 Å². The number of carbonyl (C=O) groups excluding carboxylic acids is 2. The average molecular weight is 583 g/mol. The molecule has 0 spiro atoms. The highest BCUT2D eigenvalue weighted by Crippen LogP contribution is 2.47. The maximum atomic E-state index is 13.6. The number of benzene rings is 2. The molecular weight excluding hydrogens is 551 g/mol. The van der Waals surface area contributed by atoms with Gasteiger partial charge in [-0.2, -0.15) is 0 Å². The third kappa shape index (κ3) is 6.82. The van der Waals surface area contributed by atoms with Crippen LogP contribution >= 0.6 is 11.6 Å². The molecule has 9 nitrogen and oxygen atoms in total. The molecule has 212 valence electrons. The van der Waals surface area contributed by atoms with Crippen LogP contribution < -0.4 is 20.1 Å². The zero-order valence-electron chi connectivity index (χ0n) is 21.5. The summed E-state index contributed by atoms with van der Waals surface area (Å²) in [4.78, 5) is 25.4. The molecule has 3 fully saturated rings. The van der Waals surface area contributed by atoms with Crippen LogP contribution in [0.1, 0.15) is 45.4 Å². The molecule has 2 amide bonds. The molecule has 3 aliphatic rings. The van der Waals surface area contributed by atoms with Gasteiger partial charge in [-0.05, 0) is 74.9 Å². The van der Waals surface area contributed by atoms with Gasteiger partial charge in [0.15, 0.2) is 23.1 Å². The van der Waals surface area contributed by atoms with E-state index in [2.05, 4.69) is 10.6 Å². The molecule has 0 heterocycles. The van der Waals surface area contributed by atoms with Crippen LogP contribution in [0.2, 0.25) is 5.02 Å². The number of sulfone groups is 1. The Labute approximate surface area is 231 Å². The number of amides is 2. The number of nitrogens with one attached hydrogen (secondary N) is 2. The van der Waals surface area contributed by atoms with Gasteiger partial charge in [-0.15, -0.1) is 0 Å².